The number of aryl methyl sites for hydroxylation is 1. The van der Waals surface area contributed by atoms with Gasteiger partial charge in [-0.05, 0) is 37.6 Å². The molecule has 8 heteroatoms. The van der Waals surface area contributed by atoms with E-state index in [-0.39, 0.29) is 5.56 Å². The lowest BCUT2D eigenvalue weighted by Crippen LogP contribution is -2.11. The number of thioether (sulfide) groups is 1. The van der Waals surface area contributed by atoms with Crippen LogP contribution in [0.25, 0.3) is 22.3 Å². The molecule has 0 atom stereocenters. The maximum Gasteiger partial charge on any atom is 0.258 e. The molecule has 6 nitrogen and oxygen atoms in total. The molecule has 4 aromatic rings. The standard InChI is InChI=1S/C20H18ClN5OS/c1-3-26-18(14-7-5-4-6-12(14)2)24-25-20(26)28-11-17-22-16-9-8-13(21)10-15(16)19(27)23-17/h4-10H,3,11H2,1-2H3,(H,22,23,27). The van der Waals surface area contributed by atoms with Gasteiger partial charge in [-0.3, -0.25) is 4.79 Å². The summed E-state index contributed by atoms with van der Waals surface area (Å²) in [4.78, 5) is 19.7. The minimum absolute atomic E-state index is 0.194. The molecule has 2 heterocycles. The molecule has 28 heavy (non-hydrogen) atoms. The van der Waals surface area contributed by atoms with Crippen LogP contribution in [-0.4, -0.2) is 24.7 Å². The lowest BCUT2D eigenvalue weighted by atomic mass is 10.1. The number of benzene rings is 2. The van der Waals surface area contributed by atoms with Gasteiger partial charge in [0.2, 0.25) is 0 Å². The third-order valence-corrected chi connectivity index (χ3v) is 5.69. The molecule has 0 amide bonds. The number of hydrogen-bond donors (Lipinski definition) is 1. The quantitative estimate of drug-likeness (QED) is 0.491. The van der Waals surface area contributed by atoms with Crippen LogP contribution in [0.1, 0.15) is 18.3 Å². The summed E-state index contributed by atoms with van der Waals surface area (Å²) in [5.74, 6) is 1.92. The van der Waals surface area contributed by atoms with Gasteiger partial charge in [0.05, 0.1) is 16.7 Å². The molecule has 2 aromatic heterocycles. The monoisotopic (exact) mass is 411 g/mol. The van der Waals surface area contributed by atoms with Crippen molar-refractivity contribution in [2.75, 3.05) is 0 Å². The van der Waals surface area contributed by atoms with Gasteiger partial charge in [0.15, 0.2) is 11.0 Å². The summed E-state index contributed by atoms with van der Waals surface area (Å²) >= 11 is 7.46. The zero-order valence-electron chi connectivity index (χ0n) is 15.4. The van der Waals surface area contributed by atoms with Gasteiger partial charge in [-0.15, -0.1) is 10.2 Å². The molecule has 0 bridgehead atoms. The number of hydrogen-bond acceptors (Lipinski definition) is 5. The minimum Gasteiger partial charge on any atom is -0.309 e. The van der Waals surface area contributed by atoms with Crippen molar-refractivity contribution in [1.82, 2.24) is 24.7 Å². The van der Waals surface area contributed by atoms with Gasteiger partial charge in [-0.25, -0.2) is 4.98 Å². The van der Waals surface area contributed by atoms with Gasteiger partial charge in [0.25, 0.3) is 5.56 Å². The van der Waals surface area contributed by atoms with Crippen molar-refractivity contribution in [3.8, 4) is 11.4 Å². The fraction of sp³-hybridized carbons (Fsp3) is 0.200. The second kappa shape index (κ2) is 7.77. The maximum atomic E-state index is 12.3. The first-order valence-corrected chi connectivity index (χ1v) is 10.2. The van der Waals surface area contributed by atoms with Crippen LogP contribution in [0, 0.1) is 6.92 Å². The largest absolute Gasteiger partial charge is 0.309 e. The summed E-state index contributed by atoms with van der Waals surface area (Å²) in [7, 11) is 0. The summed E-state index contributed by atoms with van der Waals surface area (Å²) < 4.78 is 2.08. The van der Waals surface area contributed by atoms with E-state index < -0.39 is 0 Å². The Morgan fingerprint density at radius 2 is 2.00 bits per heavy atom. The Labute approximate surface area is 171 Å². The van der Waals surface area contributed by atoms with Crippen LogP contribution >= 0.6 is 23.4 Å². The van der Waals surface area contributed by atoms with Gasteiger partial charge in [0.1, 0.15) is 5.82 Å². The number of H-pyrrole nitrogens is 1. The van der Waals surface area contributed by atoms with Crippen LogP contribution in [0.15, 0.2) is 52.4 Å². The first kappa shape index (κ1) is 18.7. The fourth-order valence-corrected chi connectivity index (χ4v) is 4.11. The smallest absolute Gasteiger partial charge is 0.258 e. The molecular weight excluding hydrogens is 394 g/mol. The Bertz CT molecular complexity index is 1220. The Hall–Kier alpha value is -2.64. The third kappa shape index (κ3) is 3.55. The van der Waals surface area contributed by atoms with Gasteiger partial charge in [-0.1, -0.05) is 47.6 Å². The van der Waals surface area contributed by atoms with Crippen LogP contribution in [0.4, 0.5) is 0 Å². The Morgan fingerprint density at radius 3 is 2.79 bits per heavy atom. The number of nitrogens with zero attached hydrogens (tertiary/aromatic N) is 4. The molecular formula is C20H18ClN5OS. The molecule has 0 saturated heterocycles. The lowest BCUT2D eigenvalue weighted by molar-refractivity contribution is 0.686. The van der Waals surface area contributed by atoms with Crippen LogP contribution in [0.2, 0.25) is 5.02 Å². The number of halogens is 1. The SMILES string of the molecule is CCn1c(SCc2nc3ccc(Cl)cc3c(=O)[nH]2)nnc1-c1ccccc1C. The lowest BCUT2D eigenvalue weighted by Gasteiger charge is -2.09. The number of aromatic nitrogens is 5. The minimum atomic E-state index is -0.194. The molecule has 0 unspecified atom stereocenters. The Balaban J connectivity index is 1.62. The molecule has 0 fully saturated rings. The zero-order valence-corrected chi connectivity index (χ0v) is 17.0. The highest BCUT2D eigenvalue weighted by Gasteiger charge is 2.15. The average molecular weight is 412 g/mol. The van der Waals surface area contributed by atoms with E-state index in [1.165, 1.54) is 11.8 Å². The van der Waals surface area contributed by atoms with E-state index in [1.807, 2.05) is 18.2 Å². The van der Waals surface area contributed by atoms with Crippen LogP contribution in [0.3, 0.4) is 0 Å². The molecule has 2 aromatic carbocycles. The van der Waals surface area contributed by atoms with E-state index >= 15 is 0 Å². The van der Waals surface area contributed by atoms with E-state index in [0.29, 0.717) is 27.5 Å². The second-order valence-electron chi connectivity index (χ2n) is 6.33. The van der Waals surface area contributed by atoms with Gasteiger partial charge in [0, 0.05) is 17.1 Å². The first-order chi connectivity index (χ1) is 13.6. The first-order valence-electron chi connectivity index (χ1n) is 8.87. The predicted octanol–water partition coefficient (Wildman–Crippen LogP) is 4.46. The maximum absolute atomic E-state index is 12.3. The Morgan fingerprint density at radius 1 is 1.18 bits per heavy atom. The summed E-state index contributed by atoms with van der Waals surface area (Å²) in [6.45, 7) is 4.88. The number of aromatic amines is 1. The highest BCUT2D eigenvalue weighted by Crippen LogP contribution is 2.27. The van der Waals surface area contributed by atoms with Gasteiger partial charge < -0.3 is 9.55 Å². The van der Waals surface area contributed by atoms with Crippen molar-refractivity contribution >= 4 is 34.3 Å². The van der Waals surface area contributed by atoms with Crippen LogP contribution < -0.4 is 5.56 Å². The van der Waals surface area contributed by atoms with E-state index in [1.54, 1.807) is 18.2 Å². The van der Waals surface area contributed by atoms with E-state index in [0.717, 1.165) is 28.7 Å². The Kier molecular flexibility index (Phi) is 5.19. The third-order valence-electron chi connectivity index (χ3n) is 4.47. The van der Waals surface area contributed by atoms with E-state index in [2.05, 4.69) is 44.6 Å². The van der Waals surface area contributed by atoms with Crippen molar-refractivity contribution in [3.05, 3.63) is 69.2 Å². The highest BCUT2D eigenvalue weighted by molar-refractivity contribution is 7.98. The number of nitrogens with one attached hydrogen (secondary N) is 1. The summed E-state index contributed by atoms with van der Waals surface area (Å²) in [5.41, 5.74) is 2.65. The number of rotatable bonds is 5. The number of fused-ring (bicyclic) bond motifs is 1. The van der Waals surface area contributed by atoms with Gasteiger partial charge in [-0.2, -0.15) is 0 Å². The molecule has 4 rings (SSSR count). The van der Waals surface area contributed by atoms with Crippen molar-refractivity contribution in [2.45, 2.75) is 31.3 Å². The van der Waals surface area contributed by atoms with Crippen molar-refractivity contribution in [1.29, 1.82) is 0 Å². The predicted molar refractivity (Wildman–Crippen MR) is 113 cm³/mol. The summed E-state index contributed by atoms with van der Waals surface area (Å²) in [5, 5.41) is 10.5. The van der Waals surface area contributed by atoms with Crippen molar-refractivity contribution in [3.63, 3.8) is 0 Å². The van der Waals surface area contributed by atoms with Crippen molar-refractivity contribution < 1.29 is 0 Å². The van der Waals surface area contributed by atoms with E-state index in [4.69, 9.17) is 11.6 Å². The molecule has 0 aliphatic heterocycles. The van der Waals surface area contributed by atoms with E-state index in [9.17, 15) is 4.79 Å². The molecule has 0 aliphatic carbocycles. The topological polar surface area (TPSA) is 76.5 Å². The second-order valence-corrected chi connectivity index (χ2v) is 7.71. The highest BCUT2D eigenvalue weighted by atomic mass is 35.5. The fourth-order valence-electron chi connectivity index (χ4n) is 3.06. The summed E-state index contributed by atoms with van der Waals surface area (Å²) in [6, 6.07) is 13.2. The normalized spacial score (nSPS) is 11.2. The van der Waals surface area contributed by atoms with Crippen LogP contribution in [0.5, 0.6) is 0 Å². The molecule has 0 saturated carbocycles. The molecule has 142 valence electrons. The molecule has 1 N–H and O–H groups in total. The molecule has 0 aliphatic rings. The van der Waals surface area contributed by atoms with Crippen molar-refractivity contribution in [2.24, 2.45) is 0 Å². The van der Waals surface area contributed by atoms with Gasteiger partial charge >= 0.3 is 0 Å². The molecule has 0 spiro atoms. The summed E-state index contributed by atoms with van der Waals surface area (Å²) in [6.07, 6.45) is 0. The van der Waals surface area contributed by atoms with Crippen LogP contribution in [-0.2, 0) is 12.3 Å². The average Bonchev–Trinajstić information content (AvgIpc) is 3.10. The molecule has 0 radical (unpaired) electrons. The zero-order chi connectivity index (χ0) is 19.7.